The number of thiocarbonyl (C=S) groups is 1. The van der Waals surface area contributed by atoms with Gasteiger partial charge in [-0.25, -0.2) is 8.42 Å². The molecule has 1 saturated heterocycles. The Bertz CT molecular complexity index is 1290. The van der Waals surface area contributed by atoms with Crippen molar-refractivity contribution >= 4 is 55.8 Å². The van der Waals surface area contributed by atoms with E-state index < -0.39 is 10.0 Å². The molecule has 1 amide bonds. The van der Waals surface area contributed by atoms with Gasteiger partial charge in [0.1, 0.15) is 0 Å². The van der Waals surface area contributed by atoms with Crippen molar-refractivity contribution in [3.8, 4) is 0 Å². The Kier molecular flexibility index (Phi) is 7.17. The number of carbonyl (C=O) groups excluding carboxylic acids is 1. The Hall–Kier alpha value is -3.07. The van der Waals surface area contributed by atoms with Crippen molar-refractivity contribution in [1.82, 2.24) is 9.62 Å². The van der Waals surface area contributed by atoms with E-state index in [0.717, 1.165) is 35.6 Å². The van der Waals surface area contributed by atoms with Gasteiger partial charge >= 0.3 is 0 Å². The average Bonchev–Trinajstić information content (AvgIpc) is 2.83. The number of amides is 1. The lowest BCUT2D eigenvalue weighted by Crippen LogP contribution is -2.35. The molecule has 0 aromatic heterocycles. The van der Waals surface area contributed by atoms with Gasteiger partial charge in [-0.05, 0) is 71.7 Å². The van der Waals surface area contributed by atoms with Crippen LogP contribution < -0.4 is 10.6 Å². The summed E-state index contributed by atoms with van der Waals surface area (Å²) in [5, 5.41) is 7.82. The molecule has 0 aliphatic carbocycles. The summed E-state index contributed by atoms with van der Waals surface area (Å²) in [5.74, 6) is -0.357. The van der Waals surface area contributed by atoms with Crippen LogP contribution in [0.25, 0.3) is 16.8 Å². The Morgan fingerprint density at radius 1 is 0.909 bits per heavy atom. The molecule has 0 saturated carbocycles. The molecule has 1 heterocycles. The van der Waals surface area contributed by atoms with Crippen molar-refractivity contribution < 1.29 is 13.2 Å². The second-order valence-corrected chi connectivity index (χ2v) is 10.2. The maximum Gasteiger partial charge on any atom is 0.250 e. The second kappa shape index (κ2) is 10.2. The Labute approximate surface area is 199 Å². The number of hydrogen-bond donors (Lipinski definition) is 2. The van der Waals surface area contributed by atoms with Crippen LogP contribution in [0.4, 0.5) is 5.69 Å². The normalized spacial score (nSPS) is 14.9. The first kappa shape index (κ1) is 23.1. The molecule has 0 radical (unpaired) electrons. The Morgan fingerprint density at radius 3 is 2.36 bits per heavy atom. The SMILES string of the molecule is O=C(/C=C/c1cccc2ccccc12)NC(=S)Nc1ccc(S(=O)(=O)N2CCCCC2)cc1. The minimum Gasteiger partial charge on any atom is -0.332 e. The van der Waals surface area contributed by atoms with Crippen molar-refractivity contribution in [2.45, 2.75) is 24.2 Å². The minimum absolute atomic E-state index is 0.134. The molecule has 1 fully saturated rings. The number of rotatable bonds is 5. The van der Waals surface area contributed by atoms with Crippen LogP contribution in [0.1, 0.15) is 24.8 Å². The third-order valence-electron chi connectivity index (χ3n) is 5.54. The van der Waals surface area contributed by atoms with Crippen LogP contribution in [0.5, 0.6) is 0 Å². The average molecular weight is 480 g/mol. The summed E-state index contributed by atoms with van der Waals surface area (Å²) >= 11 is 5.23. The highest BCUT2D eigenvalue weighted by molar-refractivity contribution is 7.89. The summed E-state index contributed by atoms with van der Waals surface area (Å²) in [7, 11) is -3.48. The third kappa shape index (κ3) is 5.65. The minimum atomic E-state index is -3.48. The number of sulfonamides is 1. The molecule has 170 valence electrons. The van der Waals surface area contributed by atoms with Crippen LogP contribution in [-0.2, 0) is 14.8 Å². The number of fused-ring (bicyclic) bond motifs is 1. The van der Waals surface area contributed by atoms with E-state index in [2.05, 4.69) is 10.6 Å². The number of carbonyl (C=O) groups is 1. The predicted octanol–water partition coefficient (Wildman–Crippen LogP) is 4.54. The number of nitrogens with zero attached hydrogens (tertiary/aromatic N) is 1. The molecule has 4 rings (SSSR count). The molecule has 3 aromatic carbocycles. The van der Waals surface area contributed by atoms with Crippen LogP contribution in [-0.4, -0.2) is 36.8 Å². The van der Waals surface area contributed by atoms with Gasteiger partial charge in [0, 0.05) is 24.9 Å². The highest BCUT2D eigenvalue weighted by Crippen LogP contribution is 2.22. The van der Waals surface area contributed by atoms with Gasteiger partial charge in [-0.2, -0.15) is 4.31 Å². The number of piperidine rings is 1. The summed E-state index contributed by atoms with van der Waals surface area (Å²) in [4.78, 5) is 12.6. The predicted molar refractivity (Wildman–Crippen MR) is 136 cm³/mol. The zero-order valence-corrected chi connectivity index (χ0v) is 19.7. The molecule has 0 atom stereocenters. The van der Waals surface area contributed by atoms with Gasteiger partial charge in [0.15, 0.2) is 5.11 Å². The number of hydrogen-bond acceptors (Lipinski definition) is 4. The lowest BCUT2D eigenvalue weighted by Gasteiger charge is -2.25. The zero-order chi connectivity index (χ0) is 23.3. The van der Waals surface area contributed by atoms with Gasteiger partial charge in [-0.1, -0.05) is 48.9 Å². The van der Waals surface area contributed by atoms with Crippen molar-refractivity contribution in [2.24, 2.45) is 0 Å². The molecule has 0 spiro atoms. The standard InChI is InChI=1S/C25H25N3O3S2/c29-24(16-11-20-9-6-8-19-7-2-3-10-23(19)20)27-25(32)26-21-12-14-22(15-13-21)33(30,31)28-17-4-1-5-18-28/h2-3,6-16H,1,4-5,17-18H2,(H2,26,27,29,32)/b16-11+. The van der Waals surface area contributed by atoms with E-state index in [1.54, 1.807) is 30.3 Å². The first-order valence-corrected chi connectivity index (χ1v) is 12.7. The Balaban J connectivity index is 1.35. The lowest BCUT2D eigenvalue weighted by atomic mass is 10.0. The van der Waals surface area contributed by atoms with E-state index in [1.165, 1.54) is 10.4 Å². The summed E-state index contributed by atoms with van der Waals surface area (Å²) in [6.45, 7) is 1.12. The van der Waals surface area contributed by atoms with E-state index >= 15 is 0 Å². The number of anilines is 1. The van der Waals surface area contributed by atoms with Crippen molar-refractivity contribution in [2.75, 3.05) is 18.4 Å². The summed E-state index contributed by atoms with van der Waals surface area (Å²) in [6, 6.07) is 20.3. The molecule has 1 aliphatic rings. The molecular formula is C25H25N3O3S2. The van der Waals surface area contributed by atoms with E-state index in [4.69, 9.17) is 12.2 Å². The number of nitrogens with one attached hydrogen (secondary N) is 2. The summed E-state index contributed by atoms with van der Waals surface area (Å²) in [6.07, 6.45) is 6.03. The largest absolute Gasteiger partial charge is 0.332 e. The van der Waals surface area contributed by atoms with Crippen LogP contribution >= 0.6 is 12.2 Å². The van der Waals surface area contributed by atoms with Crippen LogP contribution in [0.15, 0.2) is 77.7 Å². The van der Waals surface area contributed by atoms with Gasteiger partial charge in [-0.3, -0.25) is 10.1 Å². The van der Waals surface area contributed by atoms with Crippen LogP contribution in [0, 0.1) is 0 Å². The Morgan fingerprint density at radius 2 is 1.61 bits per heavy atom. The van der Waals surface area contributed by atoms with Crippen LogP contribution in [0.3, 0.4) is 0 Å². The second-order valence-electron chi connectivity index (χ2n) is 7.83. The highest BCUT2D eigenvalue weighted by Gasteiger charge is 2.25. The van der Waals surface area contributed by atoms with Gasteiger partial charge in [0.2, 0.25) is 15.9 Å². The third-order valence-corrected chi connectivity index (χ3v) is 7.66. The van der Waals surface area contributed by atoms with Gasteiger partial charge < -0.3 is 5.32 Å². The maximum atomic E-state index is 12.8. The van der Waals surface area contributed by atoms with Gasteiger partial charge in [0.05, 0.1) is 4.90 Å². The lowest BCUT2D eigenvalue weighted by molar-refractivity contribution is -0.115. The molecule has 33 heavy (non-hydrogen) atoms. The molecule has 0 bridgehead atoms. The van der Waals surface area contributed by atoms with Crippen molar-refractivity contribution in [1.29, 1.82) is 0 Å². The van der Waals surface area contributed by atoms with Crippen molar-refractivity contribution in [3.05, 3.63) is 78.4 Å². The number of benzene rings is 3. The van der Waals surface area contributed by atoms with E-state index in [0.29, 0.717) is 18.8 Å². The fourth-order valence-corrected chi connectivity index (χ4v) is 5.58. The molecule has 1 aliphatic heterocycles. The maximum absolute atomic E-state index is 12.8. The molecule has 3 aromatic rings. The molecule has 2 N–H and O–H groups in total. The first-order chi connectivity index (χ1) is 15.9. The zero-order valence-electron chi connectivity index (χ0n) is 18.0. The molecule has 0 unspecified atom stereocenters. The van der Waals surface area contributed by atoms with E-state index in [9.17, 15) is 13.2 Å². The fraction of sp³-hybridized carbons (Fsp3) is 0.200. The highest BCUT2D eigenvalue weighted by atomic mass is 32.2. The van der Waals surface area contributed by atoms with Crippen LogP contribution in [0.2, 0.25) is 0 Å². The smallest absolute Gasteiger partial charge is 0.250 e. The molecule has 8 heteroatoms. The van der Waals surface area contributed by atoms with Crippen molar-refractivity contribution in [3.63, 3.8) is 0 Å². The van der Waals surface area contributed by atoms with Gasteiger partial charge in [-0.15, -0.1) is 0 Å². The monoisotopic (exact) mass is 479 g/mol. The fourth-order valence-electron chi connectivity index (χ4n) is 3.84. The van der Waals surface area contributed by atoms with E-state index in [1.807, 2.05) is 42.5 Å². The van der Waals surface area contributed by atoms with E-state index in [-0.39, 0.29) is 15.9 Å². The topological polar surface area (TPSA) is 78.5 Å². The van der Waals surface area contributed by atoms with Gasteiger partial charge in [0.25, 0.3) is 0 Å². The summed E-state index contributed by atoms with van der Waals surface area (Å²) in [5.41, 5.74) is 1.53. The quantitative estimate of drug-likeness (QED) is 0.415. The molecular weight excluding hydrogens is 454 g/mol. The first-order valence-electron chi connectivity index (χ1n) is 10.8. The summed E-state index contributed by atoms with van der Waals surface area (Å²) < 4.78 is 27.0. The molecule has 6 nitrogen and oxygen atoms in total.